The molecular weight excluding hydrogens is 693 g/mol. The Bertz CT molecular complexity index is 1750. The van der Waals surface area contributed by atoms with Gasteiger partial charge in [0.2, 0.25) is 11.8 Å². The van der Waals surface area contributed by atoms with Gasteiger partial charge in [-0.2, -0.15) is 13.1 Å². The molecule has 2 heterocycles. The van der Waals surface area contributed by atoms with Gasteiger partial charge in [0.1, 0.15) is 6.04 Å². The number of carbonyl (C=O) groups is 4. The number of hydrogen-bond acceptors (Lipinski definition) is 9. The van der Waals surface area contributed by atoms with Crippen LogP contribution in [0.3, 0.4) is 0 Å². The first kappa shape index (κ1) is 39.4. The van der Waals surface area contributed by atoms with Crippen LogP contribution in [-0.4, -0.2) is 81.3 Å². The summed E-state index contributed by atoms with van der Waals surface area (Å²) >= 11 is 1.41. The predicted octanol–water partition coefficient (Wildman–Crippen LogP) is 2.27. The van der Waals surface area contributed by atoms with Crippen molar-refractivity contribution in [2.45, 2.75) is 71.6 Å². The zero-order valence-corrected chi connectivity index (χ0v) is 31.2. The van der Waals surface area contributed by atoms with Crippen molar-refractivity contribution >= 4 is 50.9 Å². The number of benzene rings is 2. The summed E-state index contributed by atoms with van der Waals surface area (Å²) in [6.45, 7) is 10.1. The first-order valence-corrected chi connectivity index (χ1v) is 19.4. The summed E-state index contributed by atoms with van der Waals surface area (Å²) < 4.78 is 29.6. The van der Waals surface area contributed by atoms with Crippen molar-refractivity contribution in [3.05, 3.63) is 81.8 Å². The molecule has 4 rings (SSSR count). The third-order valence-electron chi connectivity index (χ3n) is 8.43. The highest BCUT2D eigenvalue weighted by atomic mass is 32.2. The van der Waals surface area contributed by atoms with Gasteiger partial charge in [0, 0.05) is 55.1 Å². The van der Waals surface area contributed by atoms with Crippen molar-refractivity contribution in [1.82, 2.24) is 36.3 Å². The van der Waals surface area contributed by atoms with Crippen molar-refractivity contribution in [2.75, 3.05) is 30.5 Å². The van der Waals surface area contributed by atoms with E-state index in [1.54, 1.807) is 12.4 Å². The Kier molecular flexibility index (Phi) is 14.1. The number of nitrogens with one attached hydrogen (secondary N) is 6. The van der Waals surface area contributed by atoms with Crippen LogP contribution in [0.1, 0.15) is 79.1 Å². The first-order chi connectivity index (χ1) is 24.3. The van der Waals surface area contributed by atoms with E-state index < -0.39 is 40.1 Å². The molecule has 51 heavy (non-hydrogen) atoms. The summed E-state index contributed by atoms with van der Waals surface area (Å²) in [5, 5.41) is 16.5. The zero-order valence-electron chi connectivity index (χ0n) is 29.6. The van der Waals surface area contributed by atoms with Crippen molar-refractivity contribution in [2.24, 2.45) is 5.92 Å². The van der Waals surface area contributed by atoms with Gasteiger partial charge < -0.3 is 26.6 Å². The molecule has 4 amide bonds. The van der Waals surface area contributed by atoms with Crippen molar-refractivity contribution < 1.29 is 27.6 Å². The second kappa shape index (κ2) is 18.2. The van der Waals surface area contributed by atoms with E-state index in [0.717, 1.165) is 15.6 Å². The maximum absolute atomic E-state index is 13.9. The van der Waals surface area contributed by atoms with Crippen molar-refractivity contribution in [1.29, 1.82) is 0 Å². The summed E-state index contributed by atoms with van der Waals surface area (Å²) in [5.41, 5.74) is 3.68. The minimum atomic E-state index is -3.89. The molecule has 3 aromatic rings. The van der Waals surface area contributed by atoms with Crippen LogP contribution in [0.2, 0.25) is 0 Å². The molecule has 4 atom stereocenters. The number of carbonyl (C=O) groups excluding carboxylic acids is 4. The Morgan fingerprint density at radius 2 is 1.63 bits per heavy atom. The zero-order chi connectivity index (χ0) is 37.1. The minimum absolute atomic E-state index is 0.0848. The fraction of sp³-hybridized carbons (Fsp3) is 0.457. The Morgan fingerprint density at radius 1 is 0.941 bits per heavy atom. The van der Waals surface area contributed by atoms with E-state index in [0.29, 0.717) is 19.4 Å². The molecule has 0 aliphatic carbocycles. The maximum Gasteiger partial charge on any atom is 0.301 e. The summed E-state index contributed by atoms with van der Waals surface area (Å²) in [6.07, 6.45) is 0.868. The van der Waals surface area contributed by atoms with Gasteiger partial charge >= 0.3 is 10.2 Å². The quantitative estimate of drug-likeness (QED) is 0.129. The number of anilines is 1. The van der Waals surface area contributed by atoms with E-state index in [9.17, 15) is 27.6 Å². The van der Waals surface area contributed by atoms with Crippen LogP contribution < -0.4 is 35.6 Å². The van der Waals surface area contributed by atoms with Gasteiger partial charge in [0.05, 0.1) is 29.0 Å². The molecule has 16 heteroatoms. The highest BCUT2D eigenvalue weighted by Gasteiger charge is 2.29. The first-order valence-electron chi connectivity index (χ1n) is 17.1. The topological polar surface area (TPSA) is 191 Å². The van der Waals surface area contributed by atoms with Crippen LogP contribution in [0.25, 0.3) is 0 Å². The van der Waals surface area contributed by atoms with Crippen LogP contribution in [0.5, 0.6) is 0 Å². The number of thiazole rings is 1. The van der Waals surface area contributed by atoms with Gasteiger partial charge in [-0.05, 0) is 56.9 Å². The number of nitrogens with zero attached hydrogens (tertiary/aromatic N) is 2. The largest absolute Gasteiger partial charge is 0.355 e. The molecule has 1 aliphatic heterocycles. The molecule has 0 radical (unpaired) electrons. The van der Waals surface area contributed by atoms with E-state index in [-0.39, 0.29) is 60.2 Å². The molecule has 6 N–H and O–H groups in total. The average Bonchev–Trinajstić information content (AvgIpc) is 3.62. The lowest BCUT2D eigenvalue weighted by atomic mass is 10.0. The fourth-order valence-corrected chi connectivity index (χ4v) is 7.44. The molecule has 1 aromatic heterocycles. The molecule has 14 nitrogen and oxygen atoms in total. The van der Waals surface area contributed by atoms with Crippen LogP contribution >= 0.6 is 11.3 Å². The van der Waals surface area contributed by atoms with Crippen molar-refractivity contribution in [3.63, 3.8) is 0 Å². The van der Waals surface area contributed by atoms with Gasteiger partial charge in [-0.15, -0.1) is 11.3 Å². The Labute approximate surface area is 303 Å². The molecule has 0 bridgehead atoms. The molecule has 276 valence electrons. The second-order valence-electron chi connectivity index (χ2n) is 12.8. The average molecular weight is 741 g/mol. The molecule has 1 aliphatic rings. The van der Waals surface area contributed by atoms with Gasteiger partial charge in [0.15, 0.2) is 0 Å². The number of aromatic nitrogens is 1. The lowest BCUT2D eigenvalue weighted by molar-refractivity contribution is -0.130. The van der Waals surface area contributed by atoms with Crippen LogP contribution in [-0.2, 0) is 26.2 Å². The molecule has 1 fully saturated rings. The lowest BCUT2D eigenvalue weighted by Gasteiger charge is -2.29. The highest BCUT2D eigenvalue weighted by molar-refractivity contribution is 7.90. The van der Waals surface area contributed by atoms with E-state index >= 15 is 0 Å². The summed E-state index contributed by atoms with van der Waals surface area (Å²) in [5.74, 6) is -1.79. The van der Waals surface area contributed by atoms with Gasteiger partial charge in [-0.25, -0.2) is 4.98 Å². The smallest absolute Gasteiger partial charge is 0.301 e. The Balaban J connectivity index is 1.56. The van der Waals surface area contributed by atoms with Gasteiger partial charge in [0.25, 0.3) is 11.8 Å². The van der Waals surface area contributed by atoms with Crippen LogP contribution in [0, 0.1) is 5.92 Å². The summed E-state index contributed by atoms with van der Waals surface area (Å²) in [7, 11) is -3.89. The van der Waals surface area contributed by atoms with Gasteiger partial charge in [-0.3, -0.25) is 23.5 Å². The van der Waals surface area contributed by atoms with E-state index in [4.69, 9.17) is 0 Å². The van der Waals surface area contributed by atoms with Crippen molar-refractivity contribution in [3.8, 4) is 0 Å². The number of likely N-dealkylation sites (N-methyl/N-ethyl adjacent to an activating group) is 1. The van der Waals surface area contributed by atoms with E-state index in [1.165, 1.54) is 29.5 Å². The third kappa shape index (κ3) is 11.1. The predicted molar refractivity (Wildman–Crippen MR) is 198 cm³/mol. The monoisotopic (exact) mass is 740 g/mol. The summed E-state index contributed by atoms with van der Waals surface area (Å²) in [6, 6.07) is 11.4. The van der Waals surface area contributed by atoms with Gasteiger partial charge in [-0.1, -0.05) is 44.2 Å². The lowest BCUT2D eigenvalue weighted by Crippen LogP contribution is -2.55. The molecule has 0 saturated carbocycles. The Morgan fingerprint density at radius 3 is 2.24 bits per heavy atom. The Hall–Kier alpha value is -4.38. The van der Waals surface area contributed by atoms with E-state index in [1.807, 2.05) is 63.4 Å². The highest BCUT2D eigenvalue weighted by Crippen LogP contribution is 2.25. The standard InChI is InChI=1S/C35H48N8O6S2/c1-6-36-35(47)31(22(2)3)42-32(44)24(5)37-19-28(18-29-20-50-21-38-29)41-34(46)27-15-26(33(45)40-23(4)25-11-8-7-9-12-25)16-30(17-27)43-14-10-13-39-51(43,48)49/h7-9,11-12,15-17,20-24,28,31,37,39H,6,10,13-14,18-19H2,1-5H3,(H,36,47)(H,40,45)(H,41,46)(H,42,44)/t23-,24+,28+,31+/m1/s1. The second-order valence-corrected chi connectivity index (χ2v) is 15.2. The molecular formula is C35H48N8O6S2. The molecule has 2 aromatic carbocycles. The number of amides is 4. The SMILES string of the molecule is CCNC(=O)[C@@H](NC(=O)[C@H](C)NC[C@H](Cc1cscn1)NC(=O)c1cc(C(=O)N[C@H](C)c2ccccc2)cc(N2CCCNS2(=O)=O)c1)C(C)C. The normalized spacial score (nSPS) is 16.4. The van der Waals surface area contributed by atoms with Crippen LogP contribution in [0.15, 0.2) is 59.4 Å². The summed E-state index contributed by atoms with van der Waals surface area (Å²) in [4.78, 5) is 57.5. The maximum atomic E-state index is 13.9. The number of hydrogen-bond donors (Lipinski definition) is 6. The van der Waals surface area contributed by atoms with E-state index in [2.05, 4.69) is 36.3 Å². The third-order valence-corrected chi connectivity index (χ3v) is 10.6. The number of rotatable bonds is 16. The van der Waals surface area contributed by atoms with Crippen LogP contribution in [0.4, 0.5) is 5.69 Å². The minimum Gasteiger partial charge on any atom is -0.355 e. The molecule has 1 saturated heterocycles. The molecule has 0 spiro atoms. The fourth-order valence-electron chi connectivity index (χ4n) is 5.56. The molecule has 0 unspecified atom stereocenters.